The first kappa shape index (κ1) is 22.0. The number of carbonyl (C=O) groups excluding carboxylic acids is 2. The quantitative estimate of drug-likeness (QED) is 0.470. The maximum Gasteiger partial charge on any atom is 0.407 e. The minimum Gasteiger partial charge on any atom is -0.495 e. The molecule has 0 saturated carbocycles. The van der Waals surface area contributed by atoms with E-state index in [0.717, 1.165) is 11.1 Å². The molecule has 0 heterocycles. The van der Waals surface area contributed by atoms with Gasteiger partial charge in [0.2, 0.25) is 0 Å². The molecule has 0 fully saturated rings. The van der Waals surface area contributed by atoms with Crippen molar-refractivity contribution in [2.45, 2.75) is 5.92 Å². The van der Waals surface area contributed by atoms with E-state index in [4.69, 9.17) is 14.2 Å². The minimum atomic E-state index is -0.529. The van der Waals surface area contributed by atoms with Crippen molar-refractivity contribution >= 4 is 12.1 Å². The van der Waals surface area contributed by atoms with Gasteiger partial charge in [-0.05, 0) is 40.5 Å². The van der Waals surface area contributed by atoms with E-state index in [2.05, 4.69) is 41.4 Å². The van der Waals surface area contributed by atoms with Gasteiger partial charge in [0.05, 0.1) is 31.9 Å². The van der Waals surface area contributed by atoms with Crippen LogP contribution in [0, 0.1) is 11.8 Å². The molecule has 0 unspecified atom stereocenters. The number of rotatable bonds is 5. The first-order valence-corrected chi connectivity index (χ1v) is 10.5. The monoisotopic (exact) mass is 441 g/mol. The SMILES string of the molecule is COC(=O)c1ccc(C#CCNC(=O)OCC2c3ccccc3-c3ccccc32)c(OC)c1. The summed E-state index contributed by atoms with van der Waals surface area (Å²) < 4.78 is 15.5. The van der Waals surface area contributed by atoms with Gasteiger partial charge in [-0.15, -0.1) is 0 Å². The van der Waals surface area contributed by atoms with Gasteiger partial charge in [-0.2, -0.15) is 0 Å². The average Bonchev–Trinajstić information content (AvgIpc) is 3.18. The summed E-state index contributed by atoms with van der Waals surface area (Å²) in [6.07, 6.45) is -0.529. The van der Waals surface area contributed by atoms with Crippen molar-refractivity contribution in [3.8, 4) is 28.7 Å². The van der Waals surface area contributed by atoms with Crippen LogP contribution in [0.1, 0.15) is 33.0 Å². The molecular weight excluding hydrogens is 418 g/mol. The summed E-state index contributed by atoms with van der Waals surface area (Å²) in [7, 11) is 2.81. The summed E-state index contributed by atoms with van der Waals surface area (Å²) in [6, 6.07) is 21.2. The summed E-state index contributed by atoms with van der Waals surface area (Å²) in [5, 5.41) is 2.65. The van der Waals surface area contributed by atoms with E-state index in [1.54, 1.807) is 18.2 Å². The highest BCUT2D eigenvalue weighted by Crippen LogP contribution is 2.44. The molecule has 0 bridgehead atoms. The van der Waals surface area contributed by atoms with Crippen molar-refractivity contribution in [3.63, 3.8) is 0 Å². The third-order valence-corrected chi connectivity index (χ3v) is 5.51. The Hall–Kier alpha value is -4.24. The van der Waals surface area contributed by atoms with Gasteiger partial charge < -0.3 is 19.5 Å². The van der Waals surface area contributed by atoms with E-state index in [1.807, 2.05) is 24.3 Å². The number of amides is 1. The molecule has 0 atom stereocenters. The van der Waals surface area contributed by atoms with Gasteiger partial charge in [-0.25, -0.2) is 9.59 Å². The van der Waals surface area contributed by atoms with Gasteiger partial charge in [-0.3, -0.25) is 0 Å². The lowest BCUT2D eigenvalue weighted by molar-refractivity contribution is 0.0600. The van der Waals surface area contributed by atoms with Crippen LogP contribution in [0.5, 0.6) is 5.75 Å². The number of carbonyl (C=O) groups is 2. The van der Waals surface area contributed by atoms with Crippen molar-refractivity contribution in [1.29, 1.82) is 0 Å². The summed E-state index contributed by atoms with van der Waals surface area (Å²) >= 11 is 0. The zero-order valence-corrected chi connectivity index (χ0v) is 18.4. The predicted molar refractivity (Wildman–Crippen MR) is 124 cm³/mol. The Balaban J connectivity index is 1.35. The molecule has 6 nitrogen and oxygen atoms in total. The molecule has 0 radical (unpaired) electrons. The fourth-order valence-corrected chi connectivity index (χ4v) is 3.94. The van der Waals surface area contributed by atoms with E-state index in [9.17, 15) is 9.59 Å². The van der Waals surface area contributed by atoms with Crippen LogP contribution in [-0.4, -0.2) is 39.4 Å². The lowest BCUT2D eigenvalue weighted by Gasteiger charge is -2.14. The maximum atomic E-state index is 12.2. The summed E-state index contributed by atoms with van der Waals surface area (Å²) in [4.78, 5) is 23.9. The number of ether oxygens (including phenoxy) is 3. The fourth-order valence-electron chi connectivity index (χ4n) is 3.94. The second-order valence-electron chi connectivity index (χ2n) is 7.39. The zero-order valence-electron chi connectivity index (χ0n) is 18.4. The third kappa shape index (κ3) is 4.68. The lowest BCUT2D eigenvalue weighted by Crippen LogP contribution is -2.26. The Morgan fingerprint density at radius 1 is 0.939 bits per heavy atom. The van der Waals surface area contributed by atoms with Crippen LogP contribution >= 0.6 is 0 Å². The van der Waals surface area contributed by atoms with E-state index in [-0.39, 0.29) is 19.1 Å². The van der Waals surface area contributed by atoms with Crippen LogP contribution in [0.15, 0.2) is 66.7 Å². The summed E-state index contributed by atoms with van der Waals surface area (Å²) in [5.74, 6) is 5.80. The summed E-state index contributed by atoms with van der Waals surface area (Å²) in [6.45, 7) is 0.356. The number of benzene rings is 3. The Kier molecular flexibility index (Phi) is 6.61. The van der Waals surface area contributed by atoms with Gasteiger partial charge in [0.25, 0.3) is 0 Å². The molecule has 33 heavy (non-hydrogen) atoms. The molecule has 0 aromatic heterocycles. The van der Waals surface area contributed by atoms with E-state index < -0.39 is 12.1 Å². The lowest BCUT2D eigenvalue weighted by atomic mass is 9.98. The molecule has 166 valence electrons. The smallest absolute Gasteiger partial charge is 0.407 e. The van der Waals surface area contributed by atoms with Crippen molar-refractivity contribution in [1.82, 2.24) is 5.32 Å². The number of methoxy groups -OCH3 is 2. The Morgan fingerprint density at radius 3 is 2.24 bits per heavy atom. The largest absolute Gasteiger partial charge is 0.495 e. The molecule has 4 rings (SSSR count). The van der Waals surface area contributed by atoms with Gasteiger partial charge >= 0.3 is 12.1 Å². The molecular formula is C27H23NO5. The van der Waals surface area contributed by atoms with Crippen LogP contribution in [0.2, 0.25) is 0 Å². The zero-order chi connectivity index (χ0) is 23.2. The minimum absolute atomic E-state index is 0.00632. The molecule has 3 aromatic carbocycles. The highest BCUT2D eigenvalue weighted by molar-refractivity contribution is 5.90. The Bertz CT molecular complexity index is 1210. The number of nitrogens with one attached hydrogen (secondary N) is 1. The van der Waals surface area contributed by atoms with Gasteiger partial charge in [0, 0.05) is 5.92 Å². The van der Waals surface area contributed by atoms with E-state index in [0.29, 0.717) is 16.9 Å². The molecule has 1 aliphatic carbocycles. The molecule has 0 spiro atoms. The Morgan fingerprint density at radius 2 is 1.61 bits per heavy atom. The number of hydrogen-bond acceptors (Lipinski definition) is 5. The maximum absolute atomic E-state index is 12.2. The van der Waals surface area contributed by atoms with E-state index >= 15 is 0 Å². The number of alkyl carbamates (subject to hydrolysis) is 1. The highest BCUT2D eigenvalue weighted by Gasteiger charge is 2.28. The molecule has 6 heteroatoms. The van der Waals surface area contributed by atoms with Gasteiger partial charge in [-0.1, -0.05) is 60.4 Å². The van der Waals surface area contributed by atoms with Crippen molar-refractivity contribution in [2.75, 3.05) is 27.4 Å². The second kappa shape index (κ2) is 9.92. The topological polar surface area (TPSA) is 73.9 Å². The van der Waals surface area contributed by atoms with Crippen LogP contribution < -0.4 is 10.1 Å². The van der Waals surface area contributed by atoms with Gasteiger partial charge in [0.15, 0.2) is 0 Å². The predicted octanol–water partition coefficient (Wildman–Crippen LogP) is 4.37. The van der Waals surface area contributed by atoms with Crippen molar-refractivity contribution in [2.24, 2.45) is 0 Å². The van der Waals surface area contributed by atoms with Crippen LogP contribution in [-0.2, 0) is 9.47 Å². The van der Waals surface area contributed by atoms with Crippen LogP contribution in [0.25, 0.3) is 11.1 Å². The first-order valence-electron chi connectivity index (χ1n) is 10.5. The average molecular weight is 441 g/mol. The number of esters is 1. The molecule has 1 amide bonds. The molecule has 1 aliphatic rings. The normalized spacial score (nSPS) is 11.5. The number of hydrogen-bond donors (Lipinski definition) is 1. The van der Waals surface area contributed by atoms with Gasteiger partial charge in [0.1, 0.15) is 12.4 Å². The number of fused-ring (bicyclic) bond motifs is 3. The third-order valence-electron chi connectivity index (χ3n) is 5.51. The molecule has 3 aromatic rings. The highest BCUT2D eigenvalue weighted by atomic mass is 16.5. The molecule has 0 saturated heterocycles. The van der Waals surface area contributed by atoms with Crippen molar-refractivity contribution in [3.05, 3.63) is 89.0 Å². The first-order chi connectivity index (χ1) is 16.1. The Labute approximate surface area is 192 Å². The van der Waals surface area contributed by atoms with E-state index in [1.165, 1.54) is 25.3 Å². The summed E-state index contributed by atoms with van der Waals surface area (Å²) in [5.41, 5.74) is 5.65. The molecule has 1 N–H and O–H groups in total. The van der Waals surface area contributed by atoms with Crippen LogP contribution in [0.3, 0.4) is 0 Å². The van der Waals surface area contributed by atoms with Crippen LogP contribution in [0.4, 0.5) is 4.79 Å². The van der Waals surface area contributed by atoms with Crippen molar-refractivity contribution < 1.29 is 23.8 Å². The fraction of sp³-hybridized carbons (Fsp3) is 0.185. The second-order valence-corrected chi connectivity index (χ2v) is 7.39. The standard InChI is InChI=1S/C27H23NO5/c1-31-25-16-19(26(29)32-2)14-13-18(25)8-7-15-28-27(30)33-17-24-22-11-5-3-9-20(22)21-10-4-6-12-23(21)24/h3-6,9-14,16,24H,15,17H2,1-2H3,(H,28,30). The molecule has 0 aliphatic heterocycles.